The van der Waals surface area contributed by atoms with Crippen molar-refractivity contribution < 1.29 is 72.5 Å². The van der Waals surface area contributed by atoms with Gasteiger partial charge in [0.2, 0.25) is 0 Å². The summed E-state index contributed by atoms with van der Waals surface area (Å²) in [5.74, 6) is 0. The molecule has 43 heavy (non-hydrogen) atoms. The van der Waals surface area contributed by atoms with Crippen LogP contribution in [0, 0.1) is 0 Å². The molecule has 0 saturated carbocycles. The van der Waals surface area contributed by atoms with Gasteiger partial charge in [-0.1, -0.05) is 0 Å². The molecule has 2 aliphatic heterocycles. The molecule has 2 rings (SSSR count). The zero-order valence-electron chi connectivity index (χ0n) is 26.6. The van der Waals surface area contributed by atoms with Crippen molar-refractivity contribution in [2.24, 2.45) is 0 Å². The minimum Gasteiger partial charge on any atom is -0.391 e. The molecule has 2 heterocycles. The fourth-order valence-corrected chi connectivity index (χ4v) is 5.01. The molecule has 15 nitrogen and oxygen atoms in total. The van der Waals surface area contributed by atoms with Crippen LogP contribution < -0.4 is 0 Å². The van der Waals surface area contributed by atoms with Crippen LogP contribution in [-0.4, -0.2) is 174 Å². The first kappa shape index (κ1) is 38.6. The van der Waals surface area contributed by atoms with Gasteiger partial charge in [-0.3, -0.25) is 0 Å². The number of aliphatic hydroxyl groups is 4. The maximum atomic E-state index is 10.1. The highest BCUT2D eigenvalue weighted by atomic mass is 16.8. The first-order valence-corrected chi connectivity index (χ1v) is 14.7. The van der Waals surface area contributed by atoms with Gasteiger partial charge in [0.1, 0.15) is 48.8 Å². The third kappa shape index (κ3) is 11.9. The lowest BCUT2D eigenvalue weighted by Crippen LogP contribution is -2.66. The Hall–Kier alpha value is -0.600. The average molecular weight is 631 g/mol. The smallest absolute Gasteiger partial charge is 0.187 e. The lowest BCUT2D eigenvalue weighted by molar-refractivity contribution is -0.373. The molecule has 256 valence electrons. The Labute approximate surface area is 254 Å². The van der Waals surface area contributed by atoms with Crippen molar-refractivity contribution in [1.82, 2.24) is 0 Å². The SMILES string of the molecule is COC[C@H]1OC(O[C@H]2[C@H](OCC(C)O)[C@@H](OC)[C@H](OCC(C)O)O[C@@H]2COCC(C)O)[C@H](OCC(C)O)[C@@H](OC)[C@@H]1OC. The summed E-state index contributed by atoms with van der Waals surface area (Å²) in [4.78, 5) is 0. The van der Waals surface area contributed by atoms with E-state index in [0.717, 1.165) is 0 Å². The Balaban J connectivity index is 2.51. The van der Waals surface area contributed by atoms with Crippen LogP contribution in [-0.2, 0) is 52.1 Å². The highest BCUT2D eigenvalue weighted by Crippen LogP contribution is 2.34. The predicted octanol–water partition coefficient (Wildman–Crippen LogP) is -1.16. The van der Waals surface area contributed by atoms with Crippen LogP contribution in [0.2, 0.25) is 0 Å². The largest absolute Gasteiger partial charge is 0.391 e. The summed E-state index contributed by atoms with van der Waals surface area (Å²) in [7, 11) is 6.02. The van der Waals surface area contributed by atoms with Crippen molar-refractivity contribution in [3.63, 3.8) is 0 Å². The van der Waals surface area contributed by atoms with Gasteiger partial charge >= 0.3 is 0 Å². The summed E-state index contributed by atoms with van der Waals surface area (Å²) in [6.07, 6.45) is -11.6. The van der Waals surface area contributed by atoms with E-state index in [1.165, 1.54) is 28.4 Å². The quantitative estimate of drug-likeness (QED) is 0.126. The minimum absolute atomic E-state index is 0.0237. The standard InChI is InChI=1S/C28H54O15/c1-15(29)9-37-14-20-22(24(38-10-16(2)30)25(36-8)27(41-20)40-12-18(4)32)43-28-26(39-11-17(3)31)23(35-7)21(34-6)19(42-28)13-33-5/h15-32H,9-14H2,1-8H3/t15?,16?,17?,18?,19-,20-,21-,22-,23+,24+,25-,26-,27-,28?/m1/s1. The topological polar surface area (TPSA) is 182 Å². The van der Waals surface area contributed by atoms with Crippen LogP contribution in [0.5, 0.6) is 0 Å². The molecule has 0 amide bonds. The zero-order valence-corrected chi connectivity index (χ0v) is 26.6. The van der Waals surface area contributed by atoms with Crippen molar-refractivity contribution >= 4 is 0 Å². The Kier molecular flexibility index (Phi) is 17.8. The number of ether oxygens (including phenoxy) is 11. The van der Waals surface area contributed by atoms with E-state index >= 15 is 0 Å². The third-order valence-corrected chi connectivity index (χ3v) is 6.82. The van der Waals surface area contributed by atoms with Gasteiger partial charge in [-0.25, -0.2) is 0 Å². The van der Waals surface area contributed by atoms with Crippen LogP contribution in [0.4, 0.5) is 0 Å². The van der Waals surface area contributed by atoms with Gasteiger partial charge in [-0.2, -0.15) is 0 Å². The van der Waals surface area contributed by atoms with Crippen LogP contribution >= 0.6 is 0 Å². The van der Waals surface area contributed by atoms with Crippen molar-refractivity contribution in [2.45, 2.75) is 114 Å². The molecular weight excluding hydrogens is 576 g/mol. The first-order valence-electron chi connectivity index (χ1n) is 14.7. The van der Waals surface area contributed by atoms with Crippen LogP contribution in [0.1, 0.15) is 27.7 Å². The summed E-state index contributed by atoms with van der Waals surface area (Å²) >= 11 is 0. The van der Waals surface area contributed by atoms with Gasteiger partial charge in [-0.05, 0) is 27.7 Å². The maximum absolute atomic E-state index is 10.1. The van der Waals surface area contributed by atoms with Crippen molar-refractivity contribution in [1.29, 1.82) is 0 Å². The monoisotopic (exact) mass is 630 g/mol. The summed E-state index contributed by atoms with van der Waals surface area (Å²) < 4.78 is 65.7. The summed E-state index contributed by atoms with van der Waals surface area (Å²) in [5.41, 5.74) is 0. The minimum atomic E-state index is -1.10. The number of aliphatic hydroxyl groups excluding tert-OH is 4. The highest BCUT2D eigenvalue weighted by Gasteiger charge is 2.54. The first-order chi connectivity index (χ1) is 20.5. The predicted molar refractivity (Wildman–Crippen MR) is 149 cm³/mol. The molecule has 5 unspecified atom stereocenters. The summed E-state index contributed by atoms with van der Waals surface area (Å²) in [6, 6.07) is 0. The van der Waals surface area contributed by atoms with Gasteiger partial charge in [0.05, 0.1) is 64.1 Å². The van der Waals surface area contributed by atoms with Gasteiger partial charge in [0.25, 0.3) is 0 Å². The molecule has 4 N–H and O–H groups in total. The molecule has 2 saturated heterocycles. The van der Waals surface area contributed by atoms with Gasteiger partial charge in [0, 0.05) is 28.4 Å². The molecule has 0 spiro atoms. The van der Waals surface area contributed by atoms with E-state index in [1.54, 1.807) is 27.7 Å². The third-order valence-electron chi connectivity index (χ3n) is 6.82. The van der Waals surface area contributed by atoms with E-state index in [2.05, 4.69) is 0 Å². The van der Waals surface area contributed by atoms with E-state index in [0.29, 0.717) is 0 Å². The summed E-state index contributed by atoms with van der Waals surface area (Å²) in [6.45, 7) is 6.30. The Morgan fingerprint density at radius 1 is 0.512 bits per heavy atom. The molecule has 0 aromatic rings. The second-order valence-corrected chi connectivity index (χ2v) is 11.1. The van der Waals surface area contributed by atoms with Gasteiger partial charge < -0.3 is 72.5 Å². The fourth-order valence-electron chi connectivity index (χ4n) is 5.01. The van der Waals surface area contributed by atoms with Crippen LogP contribution in [0.25, 0.3) is 0 Å². The Morgan fingerprint density at radius 2 is 1.00 bits per heavy atom. The fraction of sp³-hybridized carbons (Fsp3) is 1.00. The van der Waals surface area contributed by atoms with Crippen molar-refractivity contribution in [3.8, 4) is 0 Å². The number of methoxy groups -OCH3 is 4. The normalized spacial score (nSPS) is 36.3. The van der Waals surface area contributed by atoms with E-state index in [9.17, 15) is 20.4 Å². The lowest BCUT2D eigenvalue weighted by atomic mass is 9.96. The number of hydrogen-bond acceptors (Lipinski definition) is 15. The molecule has 2 aliphatic rings. The van der Waals surface area contributed by atoms with E-state index < -0.39 is 85.8 Å². The molecule has 0 aliphatic carbocycles. The van der Waals surface area contributed by atoms with Crippen molar-refractivity contribution in [3.05, 3.63) is 0 Å². The zero-order chi connectivity index (χ0) is 32.1. The van der Waals surface area contributed by atoms with Crippen molar-refractivity contribution in [2.75, 3.05) is 68.1 Å². The van der Waals surface area contributed by atoms with Gasteiger partial charge in [0.15, 0.2) is 12.6 Å². The second-order valence-electron chi connectivity index (χ2n) is 11.1. The highest BCUT2D eigenvalue weighted by molar-refractivity contribution is 4.97. The molecule has 2 fully saturated rings. The lowest BCUT2D eigenvalue weighted by Gasteiger charge is -2.49. The second kappa shape index (κ2) is 19.8. The average Bonchev–Trinajstić information content (AvgIpc) is 2.94. The molecule has 14 atom stereocenters. The molecule has 0 radical (unpaired) electrons. The van der Waals surface area contributed by atoms with Gasteiger partial charge in [-0.15, -0.1) is 0 Å². The van der Waals surface area contributed by atoms with Crippen LogP contribution in [0.3, 0.4) is 0 Å². The maximum Gasteiger partial charge on any atom is 0.187 e. The molecule has 0 aromatic carbocycles. The Bertz CT molecular complexity index is 726. The molecule has 15 heteroatoms. The number of rotatable bonds is 20. The molecule has 0 bridgehead atoms. The van der Waals surface area contributed by atoms with E-state index in [4.69, 9.17) is 52.1 Å². The Morgan fingerprint density at radius 3 is 1.51 bits per heavy atom. The van der Waals surface area contributed by atoms with Crippen LogP contribution in [0.15, 0.2) is 0 Å². The van der Waals surface area contributed by atoms with E-state index in [1.807, 2.05) is 0 Å². The molecule has 0 aromatic heterocycles. The molecular formula is C28H54O15. The van der Waals surface area contributed by atoms with E-state index in [-0.39, 0.29) is 39.6 Å². The number of hydrogen-bond donors (Lipinski definition) is 4. The summed E-state index contributed by atoms with van der Waals surface area (Å²) in [5, 5.41) is 39.7.